The maximum atomic E-state index is 6.03. The van der Waals surface area contributed by atoms with E-state index in [1.54, 1.807) is 0 Å². The maximum absolute atomic E-state index is 6.03. The lowest BCUT2D eigenvalue weighted by Gasteiger charge is -2.09. The largest absolute Gasteiger partial charge is 0.238 e. The summed E-state index contributed by atoms with van der Waals surface area (Å²) in [4.78, 5) is 8.43. The summed E-state index contributed by atoms with van der Waals surface area (Å²) >= 11 is 6.03. The lowest BCUT2D eigenvalue weighted by molar-refractivity contribution is 0.639. The number of hydrogen-bond donors (Lipinski definition) is 0. The Hall–Kier alpha value is -0.630. The van der Waals surface area contributed by atoms with Crippen molar-refractivity contribution >= 4 is 11.6 Å². The Kier molecular flexibility index (Phi) is 3.26. The molecule has 0 radical (unpaired) electrons. The van der Waals surface area contributed by atoms with Crippen molar-refractivity contribution in [2.24, 2.45) is 5.92 Å². The molecule has 0 fully saturated rings. The van der Waals surface area contributed by atoms with E-state index in [-0.39, 0.29) is 0 Å². The third kappa shape index (κ3) is 2.66. The minimum atomic E-state index is 0.586. The van der Waals surface area contributed by atoms with Crippen LogP contribution in [0.3, 0.4) is 0 Å². The summed E-state index contributed by atoms with van der Waals surface area (Å²) in [5.41, 5.74) is 2.09. The zero-order chi connectivity index (χ0) is 10.0. The van der Waals surface area contributed by atoms with Crippen molar-refractivity contribution in [3.05, 3.63) is 22.2 Å². The molecule has 13 heavy (non-hydrogen) atoms. The normalized spacial score (nSPS) is 10.9. The lowest BCUT2D eigenvalue weighted by atomic mass is 10.0. The smallest absolute Gasteiger partial charge is 0.136 e. The van der Waals surface area contributed by atoms with E-state index in [9.17, 15) is 0 Å². The van der Waals surface area contributed by atoms with Gasteiger partial charge in [-0.3, -0.25) is 0 Å². The highest BCUT2D eigenvalue weighted by Gasteiger charge is 2.09. The molecule has 0 saturated carbocycles. The third-order valence-corrected chi connectivity index (χ3v) is 2.20. The third-order valence-electron chi connectivity index (χ3n) is 1.89. The Morgan fingerprint density at radius 3 is 2.31 bits per heavy atom. The maximum Gasteiger partial charge on any atom is 0.136 e. The highest BCUT2D eigenvalue weighted by molar-refractivity contribution is 6.30. The molecule has 0 N–H and O–H groups in total. The molecular weight excluding hydrogens is 184 g/mol. The molecule has 1 rings (SSSR count). The summed E-state index contributed by atoms with van der Waals surface area (Å²) in [6.45, 7) is 8.17. The quantitative estimate of drug-likeness (QED) is 0.683. The predicted octanol–water partition coefficient (Wildman–Crippen LogP) is 2.95. The summed E-state index contributed by atoms with van der Waals surface area (Å²) in [6, 6.07) is 0. The molecule has 0 aromatic carbocycles. The van der Waals surface area contributed by atoms with E-state index in [1.165, 1.54) is 0 Å². The van der Waals surface area contributed by atoms with Gasteiger partial charge in [0.25, 0.3) is 0 Å². The lowest BCUT2D eigenvalue weighted by Crippen LogP contribution is -2.03. The van der Waals surface area contributed by atoms with Crippen LogP contribution >= 0.6 is 11.6 Å². The molecule has 0 aliphatic carbocycles. The van der Waals surface area contributed by atoms with Gasteiger partial charge in [-0.1, -0.05) is 25.4 Å². The fourth-order valence-electron chi connectivity index (χ4n) is 1.33. The van der Waals surface area contributed by atoms with Crippen LogP contribution < -0.4 is 0 Å². The Morgan fingerprint density at radius 2 is 1.85 bits per heavy atom. The average Bonchev–Trinajstić information content (AvgIpc) is 1.96. The molecule has 3 heteroatoms. The highest BCUT2D eigenvalue weighted by atomic mass is 35.5. The SMILES string of the molecule is Cc1nc(C)c(CC(C)C)c(Cl)n1. The molecule has 1 heterocycles. The van der Waals surface area contributed by atoms with E-state index >= 15 is 0 Å². The first kappa shape index (κ1) is 10.5. The van der Waals surface area contributed by atoms with Crippen molar-refractivity contribution in [2.75, 3.05) is 0 Å². The molecule has 0 aliphatic rings. The van der Waals surface area contributed by atoms with E-state index in [0.29, 0.717) is 11.1 Å². The second kappa shape index (κ2) is 4.05. The van der Waals surface area contributed by atoms with Crippen LogP contribution in [0.5, 0.6) is 0 Å². The molecule has 0 saturated heterocycles. The number of nitrogens with zero attached hydrogens (tertiary/aromatic N) is 2. The minimum Gasteiger partial charge on any atom is -0.238 e. The molecule has 0 amide bonds. The molecule has 0 atom stereocenters. The fraction of sp³-hybridized carbons (Fsp3) is 0.600. The van der Waals surface area contributed by atoms with E-state index in [0.717, 1.165) is 23.5 Å². The van der Waals surface area contributed by atoms with Crippen LogP contribution in [0.15, 0.2) is 0 Å². The van der Waals surface area contributed by atoms with Gasteiger partial charge in [0.2, 0.25) is 0 Å². The molecule has 0 unspecified atom stereocenters. The van der Waals surface area contributed by atoms with Crippen molar-refractivity contribution in [3.8, 4) is 0 Å². The van der Waals surface area contributed by atoms with Crippen molar-refractivity contribution in [2.45, 2.75) is 34.1 Å². The first-order valence-corrected chi connectivity index (χ1v) is 4.88. The molecule has 0 bridgehead atoms. The van der Waals surface area contributed by atoms with Crippen molar-refractivity contribution in [1.82, 2.24) is 9.97 Å². The van der Waals surface area contributed by atoms with Crippen LogP contribution in [-0.2, 0) is 6.42 Å². The highest BCUT2D eigenvalue weighted by Crippen LogP contribution is 2.19. The van der Waals surface area contributed by atoms with Crippen LogP contribution in [0, 0.1) is 19.8 Å². The average molecular weight is 199 g/mol. The summed E-state index contributed by atoms with van der Waals surface area (Å²) in [7, 11) is 0. The van der Waals surface area contributed by atoms with Crippen LogP contribution in [0.1, 0.15) is 30.9 Å². The van der Waals surface area contributed by atoms with Crippen LogP contribution in [0.25, 0.3) is 0 Å². The topological polar surface area (TPSA) is 25.8 Å². The van der Waals surface area contributed by atoms with E-state index in [1.807, 2.05) is 13.8 Å². The van der Waals surface area contributed by atoms with Gasteiger partial charge in [-0.25, -0.2) is 9.97 Å². The molecule has 0 spiro atoms. The second-order valence-electron chi connectivity index (χ2n) is 3.72. The number of hydrogen-bond acceptors (Lipinski definition) is 2. The van der Waals surface area contributed by atoms with Gasteiger partial charge in [-0.05, 0) is 26.2 Å². The van der Waals surface area contributed by atoms with Gasteiger partial charge in [0, 0.05) is 11.3 Å². The number of halogens is 1. The molecule has 2 nitrogen and oxygen atoms in total. The second-order valence-corrected chi connectivity index (χ2v) is 4.08. The number of aryl methyl sites for hydroxylation is 2. The van der Waals surface area contributed by atoms with Crippen LogP contribution in [0.2, 0.25) is 5.15 Å². The van der Waals surface area contributed by atoms with Gasteiger partial charge in [0.1, 0.15) is 11.0 Å². The van der Waals surface area contributed by atoms with Crippen molar-refractivity contribution < 1.29 is 0 Å². The van der Waals surface area contributed by atoms with Gasteiger partial charge in [0.15, 0.2) is 0 Å². The van der Waals surface area contributed by atoms with Gasteiger partial charge >= 0.3 is 0 Å². The van der Waals surface area contributed by atoms with Gasteiger partial charge in [-0.2, -0.15) is 0 Å². The van der Waals surface area contributed by atoms with Gasteiger partial charge < -0.3 is 0 Å². The van der Waals surface area contributed by atoms with E-state index in [2.05, 4.69) is 23.8 Å². The molecule has 1 aromatic rings. The minimum absolute atomic E-state index is 0.586. The summed E-state index contributed by atoms with van der Waals surface area (Å²) < 4.78 is 0. The standard InChI is InChI=1S/C10H15ClN2/c1-6(2)5-9-7(3)12-8(4)13-10(9)11/h6H,5H2,1-4H3. The summed E-state index contributed by atoms with van der Waals surface area (Å²) in [5, 5.41) is 0.610. The first-order valence-electron chi connectivity index (χ1n) is 4.50. The number of rotatable bonds is 2. The Morgan fingerprint density at radius 1 is 1.23 bits per heavy atom. The zero-order valence-corrected chi connectivity index (χ0v) is 9.31. The van der Waals surface area contributed by atoms with Crippen LogP contribution in [0.4, 0.5) is 0 Å². The Labute approximate surface area is 84.4 Å². The summed E-state index contributed by atoms with van der Waals surface area (Å²) in [5.74, 6) is 1.33. The monoisotopic (exact) mass is 198 g/mol. The predicted molar refractivity (Wildman–Crippen MR) is 55.1 cm³/mol. The number of aromatic nitrogens is 2. The van der Waals surface area contributed by atoms with Crippen molar-refractivity contribution in [1.29, 1.82) is 0 Å². The van der Waals surface area contributed by atoms with Gasteiger partial charge in [0.05, 0.1) is 0 Å². The molecule has 0 aliphatic heterocycles. The Bertz CT molecular complexity index is 285. The molecule has 72 valence electrons. The first-order chi connectivity index (χ1) is 6.00. The Balaban J connectivity index is 3.06. The van der Waals surface area contributed by atoms with Crippen molar-refractivity contribution in [3.63, 3.8) is 0 Å². The fourth-order valence-corrected chi connectivity index (χ4v) is 1.67. The molecular formula is C10H15ClN2. The van der Waals surface area contributed by atoms with Gasteiger partial charge in [-0.15, -0.1) is 0 Å². The van der Waals surface area contributed by atoms with E-state index < -0.39 is 0 Å². The molecule has 1 aromatic heterocycles. The summed E-state index contributed by atoms with van der Waals surface area (Å²) in [6.07, 6.45) is 0.949. The van der Waals surface area contributed by atoms with E-state index in [4.69, 9.17) is 11.6 Å². The van der Waals surface area contributed by atoms with Crippen LogP contribution in [-0.4, -0.2) is 9.97 Å². The zero-order valence-electron chi connectivity index (χ0n) is 8.56.